The highest BCUT2D eigenvalue weighted by Gasteiger charge is 2.18. The van der Waals surface area contributed by atoms with Gasteiger partial charge in [-0.2, -0.15) is 0 Å². The summed E-state index contributed by atoms with van der Waals surface area (Å²) in [5.41, 5.74) is 2.96. The third-order valence-electron chi connectivity index (χ3n) is 4.85. The van der Waals surface area contributed by atoms with Gasteiger partial charge in [-0.05, 0) is 56.3 Å². The highest BCUT2D eigenvalue weighted by Crippen LogP contribution is 2.29. The van der Waals surface area contributed by atoms with Gasteiger partial charge in [-0.1, -0.05) is 35.5 Å². The van der Waals surface area contributed by atoms with Crippen molar-refractivity contribution in [3.05, 3.63) is 83.9 Å². The van der Waals surface area contributed by atoms with Gasteiger partial charge in [0.25, 0.3) is 0 Å². The van der Waals surface area contributed by atoms with Gasteiger partial charge in [-0.3, -0.25) is 9.36 Å². The number of amides is 1. The average molecular weight is 481 g/mol. The monoisotopic (exact) mass is 480 g/mol. The van der Waals surface area contributed by atoms with E-state index in [-0.39, 0.29) is 17.3 Å². The van der Waals surface area contributed by atoms with E-state index in [0.29, 0.717) is 17.6 Å². The summed E-state index contributed by atoms with van der Waals surface area (Å²) in [6.07, 6.45) is 0. The number of hydrogen-bond acceptors (Lipinski definition) is 5. The minimum absolute atomic E-state index is 0.00196. The number of aromatic nitrogens is 3. The SMILES string of the molecule is CCOc1ccc(-n2c(SCC(=O)Nc3ccc(F)c(F)c3)nnc2-c2cccc(C)c2)cc1. The van der Waals surface area contributed by atoms with Crippen LogP contribution in [0, 0.1) is 18.6 Å². The summed E-state index contributed by atoms with van der Waals surface area (Å²) in [6.45, 7) is 4.48. The van der Waals surface area contributed by atoms with Gasteiger partial charge in [0.05, 0.1) is 12.4 Å². The maximum absolute atomic E-state index is 13.4. The molecule has 34 heavy (non-hydrogen) atoms. The van der Waals surface area contributed by atoms with Crippen LogP contribution in [0.3, 0.4) is 0 Å². The standard InChI is InChI=1S/C25H22F2N4O2S/c1-3-33-20-10-8-19(9-11-20)31-24(17-6-4-5-16(2)13-17)29-30-25(31)34-15-23(32)28-18-7-12-21(26)22(27)14-18/h4-14H,3,15H2,1-2H3,(H,28,32). The fourth-order valence-electron chi connectivity index (χ4n) is 3.33. The first-order valence-electron chi connectivity index (χ1n) is 10.6. The predicted molar refractivity (Wildman–Crippen MR) is 128 cm³/mol. The van der Waals surface area contributed by atoms with Gasteiger partial charge >= 0.3 is 0 Å². The van der Waals surface area contributed by atoms with Gasteiger partial charge in [-0.15, -0.1) is 10.2 Å². The molecule has 0 fully saturated rings. The number of rotatable bonds is 8. The molecule has 0 aliphatic carbocycles. The Balaban J connectivity index is 1.60. The molecule has 0 bridgehead atoms. The Morgan fingerprint density at radius 3 is 2.53 bits per heavy atom. The normalized spacial score (nSPS) is 10.8. The van der Waals surface area contributed by atoms with E-state index in [0.717, 1.165) is 34.7 Å². The fraction of sp³-hybridized carbons (Fsp3) is 0.160. The summed E-state index contributed by atoms with van der Waals surface area (Å²) < 4.78 is 34.0. The molecule has 9 heteroatoms. The van der Waals surface area contributed by atoms with Crippen LogP contribution in [0.2, 0.25) is 0 Å². The van der Waals surface area contributed by atoms with Gasteiger partial charge in [0.15, 0.2) is 22.6 Å². The minimum Gasteiger partial charge on any atom is -0.494 e. The molecule has 1 amide bonds. The van der Waals surface area contributed by atoms with Crippen LogP contribution >= 0.6 is 11.8 Å². The average Bonchev–Trinajstić information content (AvgIpc) is 3.25. The maximum Gasteiger partial charge on any atom is 0.234 e. The summed E-state index contributed by atoms with van der Waals surface area (Å²) in [5, 5.41) is 11.8. The number of aryl methyl sites for hydroxylation is 1. The topological polar surface area (TPSA) is 69.0 Å². The Kier molecular flexibility index (Phi) is 7.22. The second-order valence-electron chi connectivity index (χ2n) is 7.40. The molecular formula is C25H22F2N4O2S. The van der Waals surface area contributed by atoms with Crippen molar-refractivity contribution in [3.63, 3.8) is 0 Å². The highest BCUT2D eigenvalue weighted by atomic mass is 32.2. The summed E-state index contributed by atoms with van der Waals surface area (Å²) in [5.74, 6) is -0.993. The number of carbonyl (C=O) groups excluding carboxylic acids is 1. The lowest BCUT2D eigenvalue weighted by molar-refractivity contribution is -0.113. The number of benzene rings is 3. The van der Waals surface area contributed by atoms with Crippen molar-refractivity contribution >= 4 is 23.4 Å². The molecule has 0 saturated heterocycles. The summed E-state index contributed by atoms with van der Waals surface area (Å²) in [7, 11) is 0. The molecule has 0 atom stereocenters. The molecule has 4 aromatic rings. The first-order chi connectivity index (χ1) is 16.4. The van der Waals surface area contributed by atoms with E-state index < -0.39 is 11.6 Å². The molecule has 1 aromatic heterocycles. The number of nitrogens with zero attached hydrogens (tertiary/aromatic N) is 3. The van der Waals surface area contributed by atoms with E-state index in [4.69, 9.17) is 4.74 Å². The third-order valence-corrected chi connectivity index (χ3v) is 5.78. The number of halogens is 2. The molecule has 0 saturated carbocycles. The molecule has 6 nitrogen and oxygen atoms in total. The first-order valence-corrected chi connectivity index (χ1v) is 11.6. The number of anilines is 1. The second-order valence-corrected chi connectivity index (χ2v) is 8.35. The lowest BCUT2D eigenvalue weighted by Crippen LogP contribution is -2.15. The molecule has 174 valence electrons. The van der Waals surface area contributed by atoms with Crippen molar-refractivity contribution in [3.8, 4) is 22.8 Å². The van der Waals surface area contributed by atoms with E-state index in [2.05, 4.69) is 15.5 Å². The molecule has 1 heterocycles. The molecule has 0 unspecified atom stereocenters. The largest absolute Gasteiger partial charge is 0.494 e. The van der Waals surface area contributed by atoms with Gasteiger partial charge in [-0.25, -0.2) is 8.78 Å². The Labute approximate surface area is 200 Å². The zero-order chi connectivity index (χ0) is 24.1. The van der Waals surface area contributed by atoms with Crippen molar-refractivity contribution in [2.24, 2.45) is 0 Å². The smallest absolute Gasteiger partial charge is 0.234 e. The summed E-state index contributed by atoms with van der Waals surface area (Å²) >= 11 is 1.19. The minimum atomic E-state index is -1.02. The summed E-state index contributed by atoms with van der Waals surface area (Å²) in [4.78, 5) is 12.4. The van der Waals surface area contributed by atoms with Gasteiger partial charge in [0.2, 0.25) is 5.91 Å². The zero-order valence-electron chi connectivity index (χ0n) is 18.6. The Morgan fingerprint density at radius 1 is 1.03 bits per heavy atom. The van der Waals surface area contributed by atoms with E-state index in [1.54, 1.807) is 0 Å². The van der Waals surface area contributed by atoms with Crippen molar-refractivity contribution in [2.45, 2.75) is 19.0 Å². The van der Waals surface area contributed by atoms with Crippen LogP contribution in [0.15, 0.2) is 71.9 Å². The predicted octanol–water partition coefficient (Wildman–Crippen LogP) is 5.65. The van der Waals surface area contributed by atoms with Crippen molar-refractivity contribution in [1.29, 1.82) is 0 Å². The van der Waals surface area contributed by atoms with E-state index in [1.807, 2.05) is 66.9 Å². The summed E-state index contributed by atoms with van der Waals surface area (Å²) in [6, 6.07) is 18.7. The molecule has 1 N–H and O–H groups in total. The van der Waals surface area contributed by atoms with Crippen LogP contribution in [0.4, 0.5) is 14.5 Å². The quantitative estimate of drug-likeness (QED) is 0.330. The molecule has 0 radical (unpaired) electrons. The molecule has 4 rings (SSSR count). The second kappa shape index (κ2) is 10.5. The van der Waals surface area contributed by atoms with E-state index >= 15 is 0 Å². The molecular weight excluding hydrogens is 458 g/mol. The number of carbonyl (C=O) groups is 1. The van der Waals surface area contributed by atoms with Crippen LogP contribution in [0.1, 0.15) is 12.5 Å². The fourth-order valence-corrected chi connectivity index (χ4v) is 4.08. The molecule has 0 spiro atoms. The van der Waals surface area contributed by atoms with Crippen LogP contribution in [0.5, 0.6) is 5.75 Å². The molecule has 0 aliphatic heterocycles. The van der Waals surface area contributed by atoms with E-state index in [1.165, 1.54) is 17.8 Å². The van der Waals surface area contributed by atoms with Crippen LogP contribution < -0.4 is 10.1 Å². The van der Waals surface area contributed by atoms with Crippen LogP contribution in [-0.4, -0.2) is 33.0 Å². The number of nitrogens with one attached hydrogen (secondary N) is 1. The Hall–Kier alpha value is -3.72. The maximum atomic E-state index is 13.4. The van der Waals surface area contributed by atoms with E-state index in [9.17, 15) is 13.6 Å². The Morgan fingerprint density at radius 2 is 1.82 bits per heavy atom. The van der Waals surface area contributed by atoms with Crippen molar-refractivity contribution in [1.82, 2.24) is 14.8 Å². The van der Waals surface area contributed by atoms with Crippen molar-refractivity contribution in [2.75, 3.05) is 17.7 Å². The first kappa shape index (κ1) is 23.4. The molecule has 0 aliphatic rings. The van der Waals surface area contributed by atoms with Gasteiger partial charge in [0, 0.05) is 23.0 Å². The van der Waals surface area contributed by atoms with Gasteiger partial charge in [0.1, 0.15) is 5.75 Å². The molecule has 3 aromatic carbocycles. The third kappa shape index (κ3) is 5.43. The van der Waals surface area contributed by atoms with Crippen molar-refractivity contribution < 1.29 is 18.3 Å². The number of ether oxygens (including phenoxy) is 1. The van der Waals surface area contributed by atoms with Crippen LogP contribution in [0.25, 0.3) is 17.1 Å². The highest BCUT2D eigenvalue weighted by molar-refractivity contribution is 7.99. The van der Waals surface area contributed by atoms with Crippen LogP contribution in [-0.2, 0) is 4.79 Å². The number of hydrogen-bond donors (Lipinski definition) is 1. The zero-order valence-corrected chi connectivity index (χ0v) is 19.4. The number of thioether (sulfide) groups is 1. The van der Waals surface area contributed by atoms with Gasteiger partial charge < -0.3 is 10.1 Å². The lowest BCUT2D eigenvalue weighted by Gasteiger charge is -2.12. The Bertz CT molecular complexity index is 1310. The lowest BCUT2D eigenvalue weighted by atomic mass is 10.1.